The van der Waals surface area contributed by atoms with E-state index in [-0.39, 0.29) is 18.1 Å². The molecule has 9 nitrogen and oxygen atoms in total. The van der Waals surface area contributed by atoms with Crippen molar-refractivity contribution in [3.05, 3.63) is 12.2 Å². The van der Waals surface area contributed by atoms with Crippen LogP contribution in [0.1, 0.15) is 41.5 Å². The van der Waals surface area contributed by atoms with Gasteiger partial charge < -0.3 is 19.5 Å². The Morgan fingerprint density at radius 1 is 0.815 bits per heavy atom. The molecule has 0 aromatic rings. The molecule has 0 unspecified atom stereocenters. The van der Waals surface area contributed by atoms with Crippen molar-refractivity contribution in [1.29, 1.82) is 0 Å². The Bertz CT molecular complexity index is 592. The molecule has 0 aliphatic carbocycles. The lowest BCUT2D eigenvalue weighted by Crippen LogP contribution is -2.49. The maximum atomic E-state index is 12.0. The fourth-order valence-corrected chi connectivity index (χ4v) is 1.68. The fourth-order valence-electron chi connectivity index (χ4n) is 1.68. The third-order valence-corrected chi connectivity index (χ3v) is 2.87. The number of nitrogens with one attached hydrogen (secondary N) is 1. The van der Waals surface area contributed by atoms with Crippen LogP contribution in [0.5, 0.6) is 0 Å². The monoisotopic (exact) mass is 385 g/mol. The summed E-state index contributed by atoms with van der Waals surface area (Å²) in [7, 11) is 0. The minimum absolute atomic E-state index is 0.314. The molecule has 0 saturated carbocycles. The topological polar surface area (TPSA) is 125 Å². The summed E-state index contributed by atoms with van der Waals surface area (Å²) in [6.45, 7) is 9.12. The van der Waals surface area contributed by atoms with Gasteiger partial charge in [0, 0.05) is 12.2 Å². The van der Waals surface area contributed by atoms with Crippen LogP contribution in [0, 0.1) is 5.92 Å². The number of amides is 1. The Balaban J connectivity index is 4.57. The molecule has 0 rings (SSSR count). The molecule has 1 N–H and O–H groups in total. The fraction of sp³-hybridized carbons (Fsp3) is 0.611. The average Bonchev–Trinajstić information content (AvgIpc) is 2.53. The van der Waals surface area contributed by atoms with Gasteiger partial charge in [-0.2, -0.15) is 0 Å². The summed E-state index contributed by atoms with van der Waals surface area (Å²) in [4.78, 5) is 58.3. The van der Waals surface area contributed by atoms with E-state index in [1.165, 1.54) is 0 Å². The summed E-state index contributed by atoms with van der Waals surface area (Å²) >= 11 is 0. The lowest BCUT2D eigenvalue weighted by atomic mass is 10.0. The molecule has 27 heavy (non-hydrogen) atoms. The Morgan fingerprint density at radius 2 is 1.33 bits per heavy atom. The number of hydrogen-bond donors (Lipinski definition) is 1. The van der Waals surface area contributed by atoms with E-state index in [2.05, 4.69) is 10.1 Å². The zero-order valence-corrected chi connectivity index (χ0v) is 16.4. The van der Waals surface area contributed by atoms with Crippen molar-refractivity contribution in [2.45, 2.75) is 59.8 Å². The number of ether oxygens (including phenoxy) is 3. The standard InChI is InChI=1S/C18H27NO8/c1-10(2)16(18(24)27-12(5)6)19-17(23)13(20)9-25-14(21)7-8-15(22)26-11(3)4/h7-8,10-12,16H,9H2,1-6H3,(H,19,23)/b8-7+/t16-/m0/s1. The van der Waals surface area contributed by atoms with E-state index < -0.39 is 42.2 Å². The molecule has 0 saturated heterocycles. The van der Waals surface area contributed by atoms with E-state index in [4.69, 9.17) is 9.47 Å². The van der Waals surface area contributed by atoms with E-state index in [9.17, 15) is 24.0 Å². The van der Waals surface area contributed by atoms with Crippen molar-refractivity contribution in [3.63, 3.8) is 0 Å². The van der Waals surface area contributed by atoms with E-state index in [0.29, 0.717) is 0 Å². The molecule has 0 aliphatic heterocycles. The van der Waals surface area contributed by atoms with Crippen LogP contribution in [0.2, 0.25) is 0 Å². The van der Waals surface area contributed by atoms with Crippen LogP contribution in [0.3, 0.4) is 0 Å². The second kappa shape index (κ2) is 11.8. The maximum Gasteiger partial charge on any atom is 0.331 e. The molecule has 152 valence electrons. The highest BCUT2D eigenvalue weighted by atomic mass is 16.5. The van der Waals surface area contributed by atoms with Gasteiger partial charge in [0.1, 0.15) is 6.04 Å². The Kier molecular flexibility index (Phi) is 10.6. The van der Waals surface area contributed by atoms with Crippen molar-refractivity contribution >= 4 is 29.6 Å². The smallest absolute Gasteiger partial charge is 0.331 e. The number of Topliss-reactive ketones (excluding diaryl/α,β-unsaturated/α-hetero) is 1. The molecule has 0 heterocycles. The highest BCUT2D eigenvalue weighted by Gasteiger charge is 2.29. The van der Waals surface area contributed by atoms with Gasteiger partial charge in [0.15, 0.2) is 6.61 Å². The minimum atomic E-state index is -1.08. The maximum absolute atomic E-state index is 12.0. The predicted molar refractivity (Wildman–Crippen MR) is 94.3 cm³/mol. The summed E-state index contributed by atoms with van der Waals surface area (Å²) in [5, 5.41) is 2.27. The third-order valence-electron chi connectivity index (χ3n) is 2.87. The van der Waals surface area contributed by atoms with Gasteiger partial charge in [-0.3, -0.25) is 9.59 Å². The summed E-state index contributed by atoms with van der Waals surface area (Å²) in [6, 6.07) is -1.01. The van der Waals surface area contributed by atoms with Crippen molar-refractivity contribution in [1.82, 2.24) is 5.32 Å². The van der Waals surface area contributed by atoms with Crippen molar-refractivity contribution < 1.29 is 38.2 Å². The first kappa shape index (κ1) is 24.3. The van der Waals surface area contributed by atoms with Gasteiger partial charge in [-0.05, 0) is 33.6 Å². The number of ketones is 1. The normalized spacial score (nSPS) is 12.2. The number of hydrogen-bond acceptors (Lipinski definition) is 8. The van der Waals surface area contributed by atoms with Gasteiger partial charge in [0.25, 0.3) is 11.7 Å². The van der Waals surface area contributed by atoms with Gasteiger partial charge >= 0.3 is 17.9 Å². The molecule has 1 atom stereocenters. The summed E-state index contributed by atoms with van der Waals surface area (Å²) < 4.78 is 14.4. The quantitative estimate of drug-likeness (QED) is 0.252. The highest BCUT2D eigenvalue weighted by Crippen LogP contribution is 2.06. The zero-order chi connectivity index (χ0) is 21.1. The van der Waals surface area contributed by atoms with Crippen LogP contribution in [0.25, 0.3) is 0 Å². The van der Waals surface area contributed by atoms with Crippen molar-refractivity contribution in [2.75, 3.05) is 6.61 Å². The number of esters is 3. The van der Waals surface area contributed by atoms with Crippen LogP contribution in [-0.2, 0) is 38.2 Å². The van der Waals surface area contributed by atoms with Crippen molar-refractivity contribution in [3.8, 4) is 0 Å². The molecule has 0 bridgehead atoms. The average molecular weight is 385 g/mol. The lowest BCUT2D eigenvalue weighted by Gasteiger charge is -2.21. The molecule has 0 spiro atoms. The minimum Gasteiger partial charge on any atom is -0.461 e. The number of carbonyl (C=O) groups excluding carboxylic acids is 5. The molecule has 0 aromatic carbocycles. The van der Waals surface area contributed by atoms with Crippen LogP contribution < -0.4 is 5.32 Å². The first-order valence-electron chi connectivity index (χ1n) is 8.53. The van der Waals surface area contributed by atoms with Gasteiger partial charge in [0.05, 0.1) is 12.2 Å². The molecular weight excluding hydrogens is 358 g/mol. The predicted octanol–water partition coefficient (Wildman–Crippen LogP) is 0.699. The largest absolute Gasteiger partial charge is 0.461 e. The van der Waals surface area contributed by atoms with Gasteiger partial charge in [-0.25, -0.2) is 14.4 Å². The van der Waals surface area contributed by atoms with Gasteiger partial charge in [0.2, 0.25) is 0 Å². The van der Waals surface area contributed by atoms with Gasteiger partial charge in [-0.15, -0.1) is 0 Å². The summed E-state index contributed by atoms with van der Waals surface area (Å²) in [5.74, 6) is -4.84. The molecule has 0 fully saturated rings. The highest BCUT2D eigenvalue weighted by molar-refractivity contribution is 6.37. The van der Waals surface area contributed by atoms with Crippen LogP contribution in [-0.4, -0.2) is 54.5 Å². The summed E-state index contributed by atoms with van der Waals surface area (Å²) in [6.07, 6.45) is 0.914. The van der Waals surface area contributed by atoms with E-state index in [1.807, 2.05) is 0 Å². The third kappa shape index (κ3) is 10.8. The number of rotatable bonds is 10. The zero-order valence-electron chi connectivity index (χ0n) is 16.4. The van der Waals surface area contributed by atoms with Crippen LogP contribution in [0.15, 0.2) is 12.2 Å². The number of carbonyl (C=O) groups is 5. The molecule has 0 aromatic heterocycles. The Hall–Kier alpha value is -2.71. The van der Waals surface area contributed by atoms with E-state index in [1.54, 1.807) is 41.5 Å². The van der Waals surface area contributed by atoms with Crippen LogP contribution >= 0.6 is 0 Å². The summed E-state index contributed by atoms with van der Waals surface area (Å²) in [5.41, 5.74) is 0. The second-order valence-electron chi connectivity index (χ2n) is 6.53. The SMILES string of the molecule is CC(C)OC(=O)/C=C/C(=O)OCC(=O)C(=O)N[C@H](C(=O)OC(C)C)C(C)C. The molecule has 0 aliphatic rings. The molecule has 1 amide bonds. The van der Waals surface area contributed by atoms with E-state index >= 15 is 0 Å². The van der Waals surface area contributed by atoms with Crippen LogP contribution in [0.4, 0.5) is 0 Å². The molecule has 9 heteroatoms. The Morgan fingerprint density at radius 3 is 1.81 bits per heavy atom. The van der Waals surface area contributed by atoms with Gasteiger partial charge in [-0.1, -0.05) is 13.8 Å². The Labute approximate surface area is 158 Å². The first-order valence-corrected chi connectivity index (χ1v) is 8.53. The second-order valence-corrected chi connectivity index (χ2v) is 6.53. The van der Waals surface area contributed by atoms with Crippen molar-refractivity contribution in [2.24, 2.45) is 5.92 Å². The van der Waals surface area contributed by atoms with E-state index in [0.717, 1.165) is 12.2 Å². The molecular formula is C18H27NO8. The first-order chi connectivity index (χ1) is 12.4. The molecule has 0 radical (unpaired) electrons. The lowest BCUT2D eigenvalue weighted by molar-refractivity contribution is -0.154.